The molecule has 27 heavy (non-hydrogen) atoms. The molecule has 0 saturated carbocycles. The van der Waals surface area contributed by atoms with Crippen molar-refractivity contribution in [2.24, 2.45) is 0 Å². The van der Waals surface area contributed by atoms with Crippen molar-refractivity contribution in [3.05, 3.63) is 53.6 Å². The summed E-state index contributed by atoms with van der Waals surface area (Å²) < 4.78 is 8.49. The fourth-order valence-corrected chi connectivity index (χ4v) is 4.58. The first-order chi connectivity index (χ1) is 12.7. The molecule has 0 saturated heterocycles. The van der Waals surface area contributed by atoms with Crippen LogP contribution in [0.1, 0.15) is 27.7 Å². The van der Waals surface area contributed by atoms with E-state index in [4.69, 9.17) is 16.3 Å². The van der Waals surface area contributed by atoms with Crippen molar-refractivity contribution < 1.29 is 9.76 Å². The molecule has 0 aliphatic carbocycles. The van der Waals surface area contributed by atoms with Crippen molar-refractivity contribution in [3.8, 4) is 0 Å². The van der Waals surface area contributed by atoms with Gasteiger partial charge in [-0.2, -0.15) is 0 Å². The first-order valence-electron chi connectivity index (χ1n) is 9.06. The molecule has 138 valence electrons. The Labute approximate surface area is 169 Å². The highest BCUT2D eigenvalue weighted by Gasteiger charge is 2.35. The van der Waals surface area contributed by atoms with Gasteiger partial charge in [-0.15, -0.1) is 11.3 Å². The molecular weight excluding hydrogens is 375 g/mol. The predicted octanol–water partition coefficient (Wildman–Crippen LogP) is 5.40. The van der Waals surface area contributed by atoms with Crippen LogP contribution in [0.4, 0.5) is 0 Å². The van der Waals surface area contributed by atoms with Gasteiger partial charge < -0.3 is 9.76 Å². The van der Waals surface area contributed by atoms with Crippen LogP contribution in [-0.2, 0) is 4.65 Å². The van der Waals surface area contributed by atoms with Gasteiger partial charge >= 0.3 is 7.48 Å². The molecule has 0 aliphatic heterocycles. The lowest BCUT2D eigenvalue weighted by atomic mass is 9.82. The van der Waals surface area contributed by atoms with E-state index in [1.807, 2.05) is 19.9 Å². The van der Waals surface area contributed by atoms with Gasteiger partial charge in [-0.25, -0.2) is 0 Å². The normalized spacial score (nSPS) is 13.0. The fourth-order valence-electron chi connectivity index (χ4n) is 3.16. The molecule has 0 unspecified atom stereocenters. The van der Waals surface area contributed by atoms with E-state index in [1.165, 1.54) is 30.9 Å². The first kappa shape index (κ1) is 18.8. The molecule has 3 aromatic carbocycles. The summed E-state index contributed by atoms with van der Waals surface area (Å²) in [5, 5.41) is 16.0. The highest BCUT2D eigenvalue weighted by molar-refractivity contribution is 7.26. The van der Waals surface area contributed by atoms with Gasteiger partial charge in [0.2, 0.25) is 0 Å². The van der Waals surface area contributed by atoms with Crippen LogP contribution in [0.5, 0.6) is 0 Å². The largest absolute Gasteiger partial charge is 0.427 e. The minimum Gasteiger partial charge on any atom is -0.427 e. The first-order valence-corrected chi connectivity index (χ1v) is 10.3. The highest BCUT2D eigenvalue weighted by atomic mass is 35.5. The van der Waals surface area contributed by atoms with Crippen LogP contribution in [0.2, 0.25) is 5.02 Å². The van der Waals surface area contributed by atoms with E-state index in [1.54, 1.807) is 25.2 Å². The van der Waals surface area contributed by atoms with Crippen LogP contribution in [0.25, 0.3) is 30.9 Å². The molecule has 0 bridgehead atoms. The van der Waals surface area contributed by atoms with E-state index < -0.39 is 11.2 Å². The monoisotopic (exact) mass is 396 g/mol. The SMILES string of the molecule is CC(C)(O)C(C)(C)OBc1cc2c(cc1Cl)sc1ccc3ccccc3c12. The van der Waals surface area contributed by atoms with Crippen LogP contribution in [0.15, 0.2) is 48.5 Å². The molecule has 2 nitrogen and oxygen atoms in total. The van der Waals surface area contributed by atoms with Crippen LogP contribution in [0, 0.1) is 0 Å². The average Bonchev–Trinajstić information content (AvgIpc) is 2.96. The highest BCUT2D eigenvalue weighted by Crippen LogP contribution is 2.39. The van der Waals surface area contributed by atoms with E-state index in [2.05, 4.69) is 42.5 Å². The Morgan fingerprint density at radius 1 is 0.963 bits per heavy atom. The predicted molar refractivity (Wildman–Crippen MR) is 120 cm³/mol. The molecule has 0 spiro atoms. The second-order valence-electron chi connectivity index (χ2n) is 8.06. The number of halogens is 1. The molecule has 4 aromatic rings. The smallest absolute Gasteiger partial charge is 0.310 e. The van der Waals surface area contributed by atoms with Gasteiger partial charge in [-0.05, 0) is 56.1 Å². The average molecular weight is 397 g/mol. The zero-order chi connectivity index (χ0) is 19.4. The summed E-state index contributed by atoms with van der Waals surface area (Å²) in [7, 11) is 0.355. The lowest BCUT2D eigenvalue weighted by Gasteiger charge is -2.37. The molecule has 0 atom stereocenters. The second kappa shape index (κ2) is 6.49. The zero-order valence-corrected chi connectivity index (χ0v) is 17.5. The third kappa shape index (κ3) is 3.25. The van der Waals surface area contributed by atoms with Crippen molar-refractivity contribution in [2.45, 2.75) is 38.9 Å². The molecular formula is C22H22BClO2S. The van der Waals surface area contributed by atoms with Crippen molar-refractivity contribution in [1.82, 2.24) is 0 Å². The molecule has 0 aliphatic rings. The van der Waals surface area contributed by atoms with E-state index in [-0.39, 0.29) is 0 Å². The Morgan fingerprint density at radius 2 is 1.70 bits per heavy atom. The number of thiophene rings is 1. The van der Waals surface area contributed by atoms with Crippen LogP contribution >= 0.6 is 22.9 Å². The van der Waals surface area contributed by atoms with Crippen molar-refractivity contribution in [1.29, 1.82) is 0 Å². The number of fused-ring (bicyclic) bond motifs is 5. The van der Waals surface area contributed by atoms with E-state index in [9.17, 15) is 5.11 Å². The van der Waals surface area contributed by atoms with Crippen LogP contribution in [0.3, 0.4) is 0 Å². The number of rotatable bonds is 4. The number of aliphatic hydroxyl groups is 1. The molecule has 1 aromatic heterocycles. The quantitative estimate of drug-likeness (QED) is 0.468. The third-order valence-electron chi connectivity index (χ3n) is 5.59. The summed E-state index contributed by atoms with van der Waals surface area (Å²) in [6.45, 7) is 7.31. The topological polar surface area (TPSA) is 29.5 Å². The van der Waals surface area contributed by atoms with Crippen LogP contribution < -0.4 is 5.46 Å². The minimum absolute atomic E-state index is 0.355. The van der Waals surface area contributed by atoms with Gasteiger partial charge in [0.1, 0.15) is 0 Å². The number of hydrogen-bond donors (Lipinski definition) is 1. The molecule has 1 N–H and O–H groups in total. The zero-order valence-electron chi connectivity index (χ0n) is 16.0. The summed E-state index contributed by atoms with van der Waals surface area (Å²) in [6, 6.07) is 17.0. The molecule has 5 heteroatoms. The second-order valence-corrected chi connectivity index (χ2v) is 9.55. The van der Waals surface area contributed by atoms with Gasteiger partial charge in [0.05, 0.1) is 11.2 Å². The molecule has 0 radical (unpaired) electrons. The summed E-state index contributed by atoms with van der Waals surface area (Å²) in [4.78, 5) is 0. The Hall–Kier alpha value is -1.59. The minimum atomic E-state index is -0.950. The maximum Gasteiger partial charge on any atom is 0.310 e. The van der Waals surface area contributed by atoms with E-state index in [0.29, 0.717) is 12.5 Å². The van der Waals surface area contributed by atoms with E-state index >= 15 is 0 Å². The number of hydrogen-bond acceptors (Lipinski definition) is 3. The van der Waals surface area contributed by atoms with E-state index in [0.717, 1.165) is 5.46 Å². The lowest BCUT2D eigenvalue weighted by Crippen LogP contribution is -2.49. The van der Waals surface area contributed by atoms with Crippen molar-refractivity contribution in [3.63, 3.8) is 0 Å². The van der Waals surface area contributed by atoms with Crippen LogP contribution in [-0.4, -0.2) is 23.8 Å². The van der Waals surface area contributed by atoms with Gasteiger partial charge in [0, 0.05) is 25.2 Å². The Bertz CT molecular complexity index is 1160. The van der Waals surface area contributed by atoms with Crippen molar-refractivity contribution >= 4 is 66.8 Å². The van der Waals surface area contributed by atoms with Gasteiger partial charge in [0.25, 0.3) is 0 Å². The lowest BCUT2D eigenvalue weighted by molar-refractivity contribution is -0.0893. The molecule has 0 amide bonds. The molecule has 1 heterocycles. The standard InChI is InChI=1S/C22H22BClO2S/c1-21(2,25)22(3,4)26-23-16-11-15-19(12-17(16)24)27-18-10-9-13-7-5-6-8-14(13)20(15)18/h5-12,23,25H,1-4H3. The number of benzene rings is 3. The summed E-state index contributed by atoms with van der Waals surface area (Å²) in [5.74, 6) is 0. The molecule has 4 rings (SSSR count). The Morgan fingerprint density at radius 3 is 2.44 bits per heavy atom. The van der Waals surface area contributed by atoms with Gasteiger partial charge in [-0.1, -0.05) is 48.0 Å². The Balaban J connectivity index is 1.84. The summed E-state index contributed by atoms with van der Waals surface area (Å²) in [5.41, 5.74) is -0.696. The summed E-state index contributed by atoms with van der Waals surface area (Å²) >= 11 is 8.32. The maximum absolute atomic E-state index is 10.3. The Kier molecular flexibility index (Phi) is 4.51. The van der Waals surface area contributed by atoms with Crippen molar-refractivity contribution in [2.75, 3.05) is 0 Å². The molecule has 0 fully saturated rings. The fraction of sp³-hybridized carbons (Fsp3) is 0.273. The van der Waals surface area contributed by atoms with Gasteiger partial charge in [-0.3, -0.25) is 0 Å². The third-order valence-corrected chi connectivity index (χ3v) is 7.06. The summed E-state index contributed by atoms with van der Waals surface area (Å²) in [6.07, 6.45) is 0. The van der Waals surface area contributed by atoms with Gasteiger partial charge in [0.15, 0.2) is 0 Å². The maximum atomic E-state index is 10.3.